The molecule has 2 heterocycles. The average molecular weight is 347 g/mol. The molecule has 2 fully saturated rings. The number of hydrogen-bond donors (Lipinski definition) is 1. The van der Waals surface area contributed by atoms with Crippen LogP contribution in [0.1, 0.15) is 63.8 Å². The highest BCUT2D eigenvalue weighted by atomic mass is 35.5. The molecule has 0 radical (unpaired) electrons. The Kier molecular flexibility index (Phi) is 4.44. The lowest BCUT2D eigenvalue weighted by molar-refractivity contribution is -0.117. The molecule has 1 N–H and O–H groups in total. The Balaban J connectivity index is 1.57. The van der Waals surface area contributed by atoms with Gasteiger partial charge in [-0.25, -0.2) is 9.97 Å². The number of rotatable bonds is 4. The molecule has 0 aliphatic heterocycles. The summed E-state index contributed by atoms with van der Waals surface area (Å²) in [6.45, 7) is 0. The van der Waals surface area contributed by atoms with Crippen molar-refractivity contribution in [3.63, 3.8) is 0 Å². The minimum atomic E-state index is 0.0730. The minimum absolute atomic E-state index is 0.0730. The molecule has 5 nitrogen and oxygen atoms in total. The van der Waals surface area contributed by atoms with Crippen LogP contribution in [0.5, 0.6) is 0 Å². The van der Waals surface area contributed by atoms with Gasteiger partial charge in [0.2, 0.25) is 11.9 Å². The van der Waals surface area contributed by atoms with Crippen molar-refractivity contribution in [3.05, 3.63) is 17.3 Å². The highest BCUT2D eigenvalue weighted by Gasteiger charge is 2.27. The van der Waals surface area contributed by atoms with E-state index in [1.807, 2.05) is 6.07 Å². The molecule has 6 heteroatoms. The number of nitrogens with zero attached hydrogens (tertiary/aromatic N) is 3. The van der Waals surface area contributed by atoms with Crippen molar-refractivity contribution >= 4 is 34.6 Å². The highest BCUT2D eigenvalue weighted by Crippen LogP contribution is 2.37. The van der Waals surface area contributed by atoms with Gasteiger partial charge >= 0.3 is 0 Å². The fourth-order valence-corrected chi connectivity index (χ4v) is 4.00. The molecule has 2 aromatic rings. The van der Waals surface area contributed by atoms with Gasteiger partial charge in [-0.05, 0) is 50.2 Å². The molecule has 0 atom stereocenters. The maximum atomic E-state index is 12.5. The molecule has 0 spiro atoms. The maximum Gasteiger partial charge on any atom is 0.226 e. The molecule has 0 aromatic carbocycles. The number of anilines is 1. The zero-order valence-corrected chi connectivity index (χ0v) is 14.6. The van der Waals surface area contributed by atoms with Gasteiger partial charge in [-0.15, -0.1) is 0 Å². The van der Waals surface area contributed by atoms with E-state index in [4.69, 9.17) is 11.6 Å². The first-order chi connectivity index (χ1) is 11.7. The van der Waals surface area contributed by atoms with Crippen molar-refractivity contribution in [3.8, 4) is 0 Å². The van der Waals surface area contributed by atoms with Crippen LogP contribution in [-0.4, -0.2) is 20.4 Å². The zero-order valence-electron chi connectivity index (χ0n) is 13.8. The number of hydrogen-bond acceptors (Lipinski definition) is 3. The summed E-state index contributed by atoms with van der Waals surface area (Å²) in [6, 6.07) is 3.98. The molecule has 2 aliphatic carbocycles. The SMILES string of the molecule is O=C(CC1CCCCC1)Nc1nc2ccc(Cl)nc2n1C1CCC1. The van der Waals surface area contributed by atoms with Crippen molar-refractivity contribution in [2.75, 3.05) is 5.32 Å². The first-order valence-electron chi connectivity index (χ1n) is 9.05. The van der Waals surface area contributed by atoms with Crippen LogP contribution in [0.3, 0.4) is 0 Å². The van der Waals surface area contributed by atoms with Crippen molar-refractivity contribution < 1.29 is 4.79 Å². The Hall–Kier alpha value is -1.62. The Morgan fingerprint density at radius 2 is 1.92 bits per heavy atom. The Morgan fingerprint density at radius 1 is 1.12 bits per heavy atom. The lowest BCUT2D eigenvalue weighted by Crippen LogP contribution is -2.24. The number of carbonyl (C=O) groups is 1. The lowest BCUT2D eigenvalue weighted by atomic mass is 9.87. The van der Waals surface area contributed by atoms with Gasteiger partial charge < -0.3 is 0 Å². The van der Waals surface area contributed by atoms with Crippen molar-refractivity contribution in [2.24, 2.45) is 5.92 Å². The first-order valence-corrected chi connectivity index (χ1v) is 9.43. The summed E-state index contributed by atoms with van der Waals surface area (Å²) in [7, 11) is 0. The van der Waals surface area contributed by atoms with E-state index in [1.54, 1.807) is 6.07 Å². The van der Waals surface area contributed by atoms with E-state index in [-0.39, 0.29) is 5.91 Å². The van der Waals surface area contributed by atoms with Crippen LogP contribution >= 0.6 is 11.6 Å². The maximum absolute atomic E-state index is 12.5. The Morgan fingerprint density at radius 3 is 2.62 bits per heavy atom. The number of nitrogens with one attached hydrogen (secondary N) is 1. The van der Waals surface area contributed by atoms with Crippen LogP contribution in [-0.2, 0) is 4.79 Å². The zero-order chi connectivity index (χ0) is 16.5. The predicted molar refractivity (Wildman–Crippen MR) is 95.2 cm³/mol. The van der Waals surface area contributed by atoms with Crippen LogP contribution in [0.25, 0.3) is 11.2 Å². The number of halogens is 1. The fraction of sp³-hybridized carbons (Fsp3) is 0.611. The van der Waals surface area contributed by atoms with Crippen LogP contribution in [0.2, 0.25) is 5.15 Å². The van der Waals surface area contributed by atoms with E-state index in [1.165, 1.54) is 38.5 Å². The molecule has 24 heavy (non-hydrogen) atoms. The third kappa shape index (κ3) is 3.14. The second-order valence-corrected chi connectivity index (χ2v) is 7.51. The highest BCUT2D eigenvalue weighted by molar-refractivity contribution is 6.29. The molecule has 2 aromatic heterocycles. The van der Waals surface area contributed by atoms with Gasteiger partial charge in [0.25, 0.3) is 0 Å². The minimum Gasteiger partial charge on any atom is -0.296 e. The molecular weight excluding hydrogens is 324 g/mol. The van der Waals surface area contributed by atoms with E-state index in [9.17, 15) is 4.79 Å². The van der Waals surface area contributed by atoms with Crippen LogP contribution in [0, 0.1) is 5.92 Å². The summed E-state index contributed by atoms with van der Waals surface area (Å²) in [6.07, 6.45) is 10.2. The standard InChI is InChI=1S/C18H23ClN4O/c19-15-10-9-14-17(21-15)23(13-7-4-8-13)18(20-14)22-16(24)11-12-5-2-1-3-6-12/h9-10,12-13H,1-8,11H2,(H,20,22,24). The van der Waals surface area contributed by atoms with Crippen molar-refractivity contribution in [2.45, 2.75) is 63.8 Å². The number of pyridine rings is 1. The van der Waals surface area contributed by atoms with E-state index < -0.39 is 0 Å². The molecule has 0 saturated heterocycles. The van der Waals surface area contributed by atoms with Gasteiger partial charge in [-0.2, -0.15) is 0 Å². The Labute approximate surface area is 146 Å². The number of carbonyl (C=O) groups excluding carboxylic acids is 1. The molecule has 2 aliphatic rings. The van der Waals surface area contributed by atoms with Crippen LogP contribution < -0.4 is 5.32 Å². The summed E-state index contributed by atoms with van der Waals surface area (Å²) in [5, 5.41) is 3.51. The molecular formula is C18H23ClN4O. The summed E-state index contributed by atoms with van der Waals surface area (Å²) in [5.41, 5.74) is 1.57. The van der Waals surface area contributed by atoms with Gasteiger partial charge in [-0.1, -0.05) is 30.9 Å². The molecule has 2 saturated carbocycles. The number of aromatic nitrogens is 3. The van der Waals surface area contributed by atoms with Gasteiger partial charge in [0, 0.05) is 12.5 Å². The normalized spacial score (nSPS) is 19.4. The largest absolute Gasteiger partial charge is 0.296 e. The third-order valence-electron chi connectivity index (χ3n) is 5.39. The Bertz CT molecular complexity index is 747. The summed E-state index contributed by atoms with van der Waals surface area (Å²) in [5.74, 6) is 1.22. The molecule has 0 unspecified atom stereocenters. The van der Waals surface area contributed by atoms with Gasteiger partial charge in [-0.3, -0.25) is 14.7 Å². The van der Waals surface area contributed by atoms with Crippen molar-refractivity contribution in [1.29, 1.82) is 0 Å². The summed E-state index contributed by atoms with van der Waals surface area (Å²) >= 11 is 6.06. The van der Waals surface area contributed by atoms with Crippen molar-refractivity contribution in [1.82, 2.24) is 14.5 Å². The second-order valence-electron chi connectivity index (χ2n) is 7.12. The van der Waals surface area contributed by atoms with E-state index in [0.717, 1.165) is 24.0 Å². The monoisotopic (exact) mass is 346 g/mol. The first kappa shape index (κ1) is 15.9. The average Bonchev–Trinajstić information content (AvgIpc) is 2.84. The number of fused-ring (bicyclic) bond motifs is 1. The predicted octanol–water partition coefficient (Wildman–Crippen LogP) is 4.72. The van der Waals surface area contributed by atoms with Gasteiger partial charge in [0.15, 0.2) is 5.65 Å². The third-order valence-corrected chi connectivity index (χ3v) is 5.60. The molecule has 0 bridgehead atoms. The van der Waals surface area contributed by atoms with Gasteiger partial charge in [0.05, 0.1) is 0 Å². The lowest BCUT2D eigenvalue weighted by Gasteiger charge is -2.28. The molecule has 1 amide bonds. The van der Waals surface area contributed by atoms with E-state index in [2.05, 4.69) is 19.9 Å². The number of imidazole rings is 1. The van der Waals surface area contributed by atoms with Gasteiger partial charge in [0.1, 0.15) is 10.7 Å². The van der Waals surface area contributed by atoms with E-state index >= 15 is 0 Å². The van der Waals surface area contributed by atoms with E-state index in [0.29, 0.717) is 29.5 Å². The summed E-state index contributed by atoms with van der Waals surface area (Å²) < 4.78 is 2.07. The second kappa shape index (κ2) is 6.71. The van der Waals surface area contributed by atoms with Crippen LogP contribution in [0.4, 0.5) is 5.95 Å². The number of amides is 1. The topological polar surface area (TPSA) is 59.8 Å². The van der Waals surface area contributed by atoms with Crippen LogP contribution in [0.15, 0.2) is 12.1 Å². The quantitative estimate of drug-likeness (QED) is 0.815. The fourth-order valence-electron chi connectivity index (χ4n) is 3.86. The molecule has 128 valence electrons. The molecule has 4 rings (SSSR count). The summed E-state index contributed by atoms with van der Waals surface area (Å²) in [4.78, 5) is 21.5. The smallest absolute Gasteiger partial charge is 0.226 e.